The van der Waals surface area contributed by atoms with Crippen LogP contribution in [0.3, 0.4) is 0 Å². The van der Waals surface area contributed by atoms with Gasteiger partial charge in [-0.3, -0.25) is 0 Å². The molecule has 1 heterocycles. The van der Waals surface area contributed by atoms with Gasteiger partial charge in [-0.1, -0.05) is 0 Å². The zero-order chi connectivity index (χ0) is 12.6. The molecule has 0 fully saturated rings. The van der Waals surface area contributed by atoms with Gasteiger partial charge in [-0.2, -0.15) is 9.67 Å². The van der Waals surface area contributed by atoms with E-state index in [9.17, 15) is 8.78 Å². The Morgan fingerprint density at radius 3 is 2.53 bits per heavy atom. The van der Waals surface area contributed by atoms with Crippen molar-refractivity contribution < 1.29 is 8.78 Å². The van der Waals surface area contributed by atoms with Gasteiger partial charge in [0.05, 0.1) is 0 Å². The Morgan fingerprint density at radius 1 is 1.29 bits per heavy atom. The summed E-state index contributed by atoms with van der Waals surface area (Å²) in [6.07, 6.45) is 0. The van der Waals surface area contributed by atoms with Crippen LogP contribution in [-0.2, 0) is 0 Å². The van der Waals surface area contributed by atoms with Crippen molar-refractivity contribution in [2.75, 3.05) is 24.7 Å². The molecule has 0 aliphatic carbocycles. The standard InChI is InChI=1S/C10H11F2N5/c1-16(2)10-14-9(13)17(15-10)8-4-3-6(11)5-7(8)12/h3-5H,1-2H3,(H2,13,14,15). The molecule has 0 radical (unpaired) electrons. The fourth-order valence-corrected chi connectivity index (χ4v) is 1.33. The molecule has 0 bridgehead atoms. The molecule has 0 amide bonds. The quantitative estimate of drug-likeness (QED) is 0.855. The first-order chi connectivity index (χ1) is 7.99. The second-order valence-electron chi connectivity index (χ2n) is 3.67. The lowest BCUT2D eigenvalue weighted by Crippen LogP contribution is -2.11. The minimum atomic E-state index is -0.744. The van der Waals surface area contributed by atoms with Crippen LogP contribution in [0.25, 0.3) is 5.69 Å². The number of hydrogen-bond donors (Lipinski definition) is 1. The van der Waals surface area contributed by atoms with Crippen molar-refractivity contribution in [3.8, 4) is 5.69 Å². The van der Waals surface area contributed by atoms with Gasteiger partial charge in [-0.25, -0.2) is 8.78 Å². The zero-order valence-electron chi connectivity index (χ0n) is 9.35. The third-order valence-electron chi connectivity index (χ3n) is 2.16. The van der Waals surface area contributed by atoms with E-state index < -0.39 is 11.6 Å². The van der Waals surface area contributed by atoms with E-state index in [1.54, 1.807) is 19.0 Å². The van der Waals surface area contributed by atoms with E-state index in [4.69, 9.17) is 5.73 Å². The number of nitrogens with zero attached hydrogens (tertiary/aromatic N) is 4. The Kier molecular flexibility index (Phi) is 2.66. The summed E-state index contributed by atoms with van der Waals surface area (Å²) in [6.45, 7) is 0. The number of hydrogen-bond acceptors (Lipinski definition) is 4. The van der Waals surface area contributed by atoms with Crippen molar-refractivity contribution >= 4 is 11.9 Å². The summed E-state index contributed by atoms with van der Waals surface area (Å²) >= 11 is 0. The van der Waals surface area contributed by atoms with Crippen molar-refractivity contribution in [2.24, 2.45) is 0 Å². The van der Waals surface area contributed by atoms with Crippen LogP contribution in [0.15, 0.2) is 18.2 Å². The molecular formula is C10H11F2N5. The van der Waals surface area contributed by atoms with Gasteiger partial charge in [0.2, 0.25) is 11.9 Å². The minimum absolute atomic E-state index is 0.0409. The van der Waals surface area contributed by atoms with Crippen molar-refractivity contribution in [1.82, 2.24) is 14.8 Å². The second kappa shape index (κ2) is 4.00. The first kappa shape index (κ1) is 11.3. The van der Waals surface area contributed by atoms with Gasteiger partial charge in [-0.05, 0) is 12.1 Å². The fourth-order valence-electron chi connectivity index (χ4n) is 1.33. The Morgan fingerprint density at radius 2 is 2.00 bits per heavy atom. The summed E-state index contributed by atoms with van der Waals surface area (Å²) in [4.78, 5) is 5.58. The summed E-state index contributed by atoms with van der Waals surface area (Å²) in [7, 11) is 3.47. The summed E-state index contributed by atoms with van der Waals surface area (Å²) in [6, 6.07) is 3.16. The summed E-state index contributed by atoms with van der Waals surface area (Å²) in [5.74, 6) is -1.00. The lowest BCUT2D eigenvalue weighted by atomic mass is 10.3. The molecule has 1 aromatic carbocycles. The van der Waals surface area contributed by atoms with Crippen molar-refractivity contribution in [3.63, 3.8) is 0 Å². The molecule has 2 rings (SSSR count). The van der Waals surface area contributed by atoms with Crippen LogP contribution in [0.4, 0.5) is 20.7 Å². The van der Waals surface area contributed by atoms with Gasteiger partial charge < -0.3 is 10.6 Å². The zero-order valence-corrected chi connectivity index (χ0v) is 9.35. The monoisotopic (exact) mass is 239 g/mol. The molecule has 0 aliphatic rings. The Hall–Kier alpha value is -2.18. The van der Waals surface area contributed by atoms with Gasteiger partial charge in [0, 0.05) is 20.2 Å². The molecule has 0 saturated carbocycles. The van der Waals surface area contributed by atoms with Crippen molar-refractivity contribution in [2.45, 2.75) is 0 Å². The molecule has 2 N–H and O–H groups in total. The Labute approximate surface area is 96.5 Å². The number of aromatic nitrogens is 3. The number of nitrogens with two attached hydrogens (primary N) is 1. The van der Waals surface area contributed by atoms with Crippen LogP contribution in [0.1, 0.15) is 0 Å². The number of rotatable bonds is 2. The van der Waals surface area contributed by atoms with Crippen LogP contribution in [0.2, 0.25) is 0 Å². The van der Waals surface area contributed by atoms with E-state index >= 15 is 0 Å². The third kappa shape index (κ3) is 2.03. The van der Waals surface area contributed by atoms with E-state index in [1.165, 1.54) is 6.07 Å². The highest BCUT2D eigenvalue weighted by Crippen LogP contribution is 2.18. The lowest BCUT2D eigenvalue weighted by Gasteiger charge is -2.05. The molecule has 1 aromatic heterocycles. The molecule has 0 aliphatic heterocycles. The van der Waals surface area contributed by atoms with E-state index in [2.05, 4.69) is 10.1 Å². The Bertz CT molecular complexity index is 550. The van der Waals surface area contributed by atoms with E-state index in [-0.39, 0.29) is 11.6 Å². The average Bonchev–Trinajstić information content (AvgIpc) is 2.61. The highest BCUT2D eigenvalue weighted by atomic mass is 19.1. The summed E-state index contributed by atoms with van der Waals surface area (Å²) in [5.41, 5.74) is 5.68. The van der Waals surface area contributed by atoms with Crippen LogP contribution in [-0.4, -0.2) is 28.9 Å². The summed E-state index contributed by atoms with van der Waals surface area (Å²) < 4.78 is 27.4. The van der Waals surface area contributed by atoms with E-state index in [0.717, 1.165) is 16.8 Å². The maximum Gasteiger partial charge on any atom is 0.246 e. The number of anilines is 2. The van der Waals surface area contributed by atoms with E-state index in [1.807, 2.05) is 0 Å². The van der Waals surface area contributed by atoms with Gasteiger partial charge in [0.1, 0.15) is 11.5 Å². The fraction of sp³-hybridized carbons (Fsp3) is 0.200. The average molecular weight is 239 g/mol. The van der Waals surface area contributed by atoms with Gasteiger partial charge in [0.25, 0.3) is 0 Å². The predicted octanol–water partition coefficient (Wildman–Crippen LogP) is 1.19. The first-order valence-electron chi connectivity index (χ1n) is 4.84. The molecule has 5 nitrogen and oxygen atoms in total. The molecule has 0 unspecified atom stereocenters. The van der Waals surface area contributed by atoms with Crippen molar-refractivity contribution in [1.29, 1.82) is 0 Å². The maximum absolute atomic E-state index is 13.5. The maximum atomic E-state index is 13.5. The molecule has 7 heteroatoms. The molecule has 0 spiro atoms. The highest BCUT2D eigenvalue weighted by molar-refractivity contribution is 5.43. The van der Waals surface area contributed by atoms with Crippen LogP contribution in [0, 0.1) is 11.6 Å². The van der Waals surface area contributed by atoms with Crippen LogP contribution in [0.5, 0.6) is 0 Å². The lowest BCUT2D eigenvalue weighted by molar-refractivity contribution is 0.574. The molecule has 0 atom stereocenters. The van der Waals surface area contributed by atoms with Gasteiger partial charge in [0.15, 0.2) is 5.82 Å². The van der Waals surface area contributed by atoms with E-state index in [0.29, 0.717) is 5.95 Å². The first-order valence-corrected chi connectivity index (χ1v) is 4.84. The topological polar surface area (TPSA) is 60.0 Å². The molecule has 0 saturated heterocycles. The Balaban J connectivity index is 2.52. The second-order valence-corrected chi connectivity index (χ2v) is 3.67. The highest BCUT2D eigenvalue weighted by Gasteiger charge is 2.13. The normalized spacial score (nSPS) is 10.6. The molecule has 2 aromatic rings. The van der Waals surface area contributed by atoms with Crippen molar-refractivity contribution in [3.05, 3.63) is 29.8 Å². The third-order valence-corrected chi connectivity index (χ3v) is 2.16. The number of benzene rings is 1. The largest absolute Gasteiger partial charge is 0.368 e. The molecular weight excluding hydrogens is 228 g/mol. The van der Waals surface area contributed by atoms with Gasteiger partial charge >= 0.3 is 0 Å². The number of halogens is 2. The molecule has 17 heavy (non-hydrogen) atoms. The smallest absolute Gasteiger partial charge is 0.246 e. The van der Waals surface area contributed by atoms with Crippen LogP contribution < -0.4 is 10.6 Å². The SMILES string of the molecule is CN(C)c1nc(N)n(-c2ccc(F)cc2F)n1. The number of nitrogen functional groups attached to an aromatic ring is 1. The van der Waals surface area contributed by atoms with Crippen LogP contribution >= 0.6 is 0 Å². The minimum Gasteiger partial charge on any atom is -0.368 e. The van der Waals surface area contributed by atoms with Gasteiger partial charge in [-0.15, -0.1) is 5.10 Å². The predicted molar refractivity (Wildman–Crippen MR) is 60.0 cm³/mol. The summed E-state index contributed by atoms with van der Waals surface area (Å²) in [5, 5.41) is 4.01. The molecule has 90 valence electrons.